The molecule has 0 saturated heterocycles. The molecule has 4 nitrogen and oxygen atoms in total. The quantitative estimate of drug-likeness (QED) is 0.624. The van der Waals surface area contributed by atoms with Crippen molar-refractivity contribution in [1.82, 2.24) is 9.97 Å². The number of H-pyrrole nitrogens is 1. The molecule has 0 unspecified atom stereocenters. The van der Waals surface area contributed by atoms with Crippen LogP contribution in [0.2, 0.25) is 0 Å². The number of hydrogen-bond acceptors (Lipinski definition) is 3. The smallest absolute Gasteiger partial charge is 0.222 e. The largest absolute Gasteiger partial charge is 0.323 e. The van der Waals surface area contributed by atoms with Crippen LogP contribution < -0.4 is 5.43 Å². The normalized spacial score (nSPS) is 27.4. The van der Waals surface area contributed by atoms with E-state index in [1.165, 1.54) is 5.71 Å². The highest BCUT2D eigenvalue weighted by Gasteiger charge is 2.37. The van der Waals surface area contributed by atoms with Gasteiger partial charge in [0.1, 0.15) is 0 Å². The Morgan fingerprint density at radius 3 is 3.17 bits per heavy atom. The Kier molecular flexibility index (Phi) is 2.03. The number of fused-ring (bicyclic) bond motifs is 2. The van der Waals surface area contributed by atoms with Gasteiger partial charge in [-0.15, -0.1) is 0 Å². The van der Waals surface area contributed by atoms with E-state index in [2.05, 4.69) is 32.6 Å². The van der Waals surface area contributed by atoms with Crippen molar-refractivity contribution in [1.29, 1.82) is 0 Å². The van der Waals surface area contributed by atoms with Crippen LogP contribution in [-0.2, 0) is 0 Å². The molecule has 2 aliphatic carbocycles. The zero-order chi connectivity index (χ0) is 11.9. The highest BCUT2D eigenvalue weighted by molar-refractivity contribution is 5.94. The van der Waals surface area contributed by atoms with Crippen LogP contribution in [0, 0.1) is 11.8 Å². The molecule has 0 bridgehead atoms. The van der Waals surface area contributed by atoms with E-state index < -0.39 is 0 Å². The standard InChI is InChI=1S/C14H14N4/c1-2-7-12-11(6-1)15-14(16-12)18-17-13-8-9-4-3-5-10(9)13/h1-4,6-7,9-10H,5,8H2,(H2,15,16,18)/b17-13+/t9-,10-/m0/s1. The first kappa shape index (κ1) is 9.88. The summed E-state index contributed by atoms with van der Waals surface area (Å²) in [6.45, 7) is 0. The van der Waals surface area contributed by atoms with Crippen LogP contribution in [0.3, 0.4) is 0 Å². The summed E-state index contributed by atoms with van der Waals surface area (Å²) >= 11 is 0. The Labute approximate surface area is 105 Å². The average molecular weight is 238 g/mol. The molecular weight excluding hydrogens is 224 g/mol. The number of hydrogen-bond donors (Lipinski definition) is 2. The van der Waals surface area contributed by atoms with Crippen molar-refractivity contribution in [2.75, 3.05) is 5.43 Å². The molecule has 0 spiro atoms. The van der Waals surface area contributed by atoms with Gasteiger partial charge in [-0.1, -0.05) is 24.3 Å². The lowest BCUT2D eigenvalue weighted by molar-refractivity contribution is 0.466. The number of nitrogens with zero attached hydrogens (tertiary/aromatic N) is 2. The highest BCUT2D eigenvalue weighted by atomic mass is 15.4. The Balaban J connectivity index is 1.53. The summed E-state index contributed by atoms with van der Waals surface area (Å²) in [5, 5.41) is 4.47. The van der Waals surface area contributed by atoms with Gasteiger partial charge in [0.25, 0.3) is 0 Å². The summed E-state index contributed by atoms with van der Waals surface area (Å²) in [5.41, 5.74) is 6.31. The number of imidazole rings is 1. The fraction of sp³-hybridized carbons (Fsp3) is 0.286. The van der Waals surface area contributed by atoms with E-state index in [-0.39, 0.29) is 0 Å². The molecule has 0 radical (unpaired) electrons. The van der Waals surface area contributed by atoms with Gasteiger partial charge in [0.15, 0.2) is 0 Å². The average Bonchev–Trinajstić information content (AvgIpc) is 2.93. The fourth-order valence-electron chi connectivity index (χ4n) is 2.79. The number of anilines is 1. The molecular formula is C14H14N4. The van der Waals surface area contributed by atoms with Crippen LogP contribution in [-0.4, -0.2) is 15.7 Å². The van der Waals surface area contributed by atoms with Crippen LogP contribution in [0.15, 0.2) is 41.5 Å². The number of nitrogens with one attached hydrogen (secondary N) is 2. The highest BCUT2D eigenvalue weighted by Crippen LogP contribution is 2.40. The van der Waals surface area contributed by atoms with Gasteiger partial charge in [0.05, 0.1) is 11.0 Å². The second-order valence-electron chi connectivity index (χ2n) is 4.96. The molecule has 4 rings (SSSR count). The predicted octanol–water partition coefficient (Wildman–Crippen LogP) is 2.93. The zero-order valence-electron chi connectivity index (χ0n) is 9.93. The first-order valence-electron chi connectivity index (χ1n) is 6.34. The first-order chi connectivity index (χ1) is 8.90. The third kappa shape index (κ3) is 1.45. The lowest BCUT2D eigenvalue weighted by Gasteiger charge is -2.31. The van der Waals surface area contributed by atoms with Gasteiger partial charge in [-0.3, -0.25) is 0 Å². The Morgan fingerprint density at radius 1 is 1.33 bits per heavy atom. The minimum Gasteiger partial charge on any atom is -0.323 e. The summed E-state index contributed by atoms with van der Waals surface area (Å²) in [4.78, 5) is 7.65. The second kappa shape index (κ2) is 3.70. The number of rotatable bonds is 2. The number of benzene rings is 1. The molecule has 2 aromatic rings. The maximum Gasteiger partial charge on any atom is 0.222 e. The molecule has 0 amide bonds. The maximum atomic E-state index is 4.47. The van der Waals surface area contributed by atoms with Crippen LogP contribution in [0.5, 0.6) is 0 Å². The number of aromatic amines is 1. The number of aromatic nitrogens is 2. The molecule has 18 heavy (non-hydrogen) atoms. The molecule has 4 heteroatoms. The van der Waals surface area contributed by atoms with Crippen molar-refractivity contribution < 1.29 is 0 Å². The number of para-hydroxylation sites is 2. The molecule has 1 heterocycles. The van der Waals surface area contributed by atoms with E-state index in [1.807, 2.05) is 24.3 Å². The predicted molar refractivity (Wildman–Crippen MR) is 72.5 cm³/mol. The van der Waals surface area contributed by atoms with Crippen molar-refractivity contribution in [2.24, 2.45) is 16.9 Å². The van der Waals surface area contributed by atoms with E-state index in [0.29, 0.717) is 5.92 Å². The van der Waals surface area contributed by atoms with E-state index in [0.717, 1.165) is 35.7 Å². The van der Waals surface area contributed by atoms with Crippen molar-refractivity contribution in [3.63, 3.8) is 0 Å². The second-order valence-corrected chi connectivity index (χ2v) is 4.96. The maximum absolute atomic E-state index is 4.47. The minimum absolute atomic E-state index is 0.641. The molecule has 1 aromatic heterocycles. The third-order valence-electron chi connectivity index (χ3n) is 3.86. The first-order valence-corrected chi connectivity index (χ1v) is 6.34. The lowest BCUT2D eigenvalue weighted by Crippen LogP contribution is -2.33. The van der Waals surface area contributed by atoms with Gasteiger partial charge >= 0.3 is 0 Å². The Hall–Kier alpha value is -2.10. The summed E-state index contributed by atoms with van der Waals surface area (Å²) in [7, 11) is 0. The number of hydrazone groups is 1. The van der Waals surface area contributed by atoms with Crippen molar-refractivity contribution in [3.05, 3.63) is 36.4 Å². The van der Waals surface area contributed by atoms with E-state index in [1.54, 1.807) is 0 Å². The molecule has 1 fully saturated rings. The summed E-state index contributed by atoms with van der Waals surface area (Å²) in [6.07, 6.45) is 6.81. The monoisotopic (exact) mass is 238 g/mol. The molecule has 2 atom stereocenters. The van der Waals surface area contributed by atoms with Crippen LogP contribution in [0.25, 0.3) is 11.0 Å². The minimum atomic E-state index is 0.641. The van der Waals surface area contributed by atoms with Crippen molar-refractivity contribution in [2.45, 2.75) is 12.8 Å². The van der Waals surface area contributed by atoms with E-state index >= 15 is 0 Å². The molecule has 2 N–H and O–H groups in total. The summed E-state index contributed by atoms with van der Waals surface area (Å²) < 4.78 is 0. The third-order valence-corrected chi connectivity index (χ3v) is 3.86. The van der Waals surface area contributed by atoms with E-state index in [9.17, 15) is 0 Å². The molecule has 2 aliphatic rings. The fourth-order valence-corrected chi connectivity index (χ4v) is 2.79. The van der Waals surface area contributed by atoms with Crippen molar-refractivity contribution >= 4 is 22.7 Å². The Morgan fingerprint density at radius 2 is 2.28 bits per heavy atom. The summed E-state index contributed by atoms with van der Waals surface area (Å²) in [5.74, 6) is 2.10. The lowest BCUT2D eigenvalue weighted by atomic mass is 9.74. The van der Waals surface area contributed by atoms with Crippen LogP contribution in [0.4, 0.5) is 5.95 Å². The Bertz CT molecular complexity index is 620. The molecule has 1 aromatic carbocycles. The number of allylic oxidation sites excluding steroid dienone is 2. The van der Waals surface area contributed by atoms with Gasteiger partial charge in [-0.25, -0.2) is 10.4 Å². The summed E-state index contributed by atoms with van der Waals surface area (Å²) in [6, 6.07) is 7.99. The van der Waals surface area contributed by atoms with Gasteiger partial charge in [-0.2, -0.15) is 5.10 Å². The molecule has 1 saturated carbocycles. The van der Waals surface area contributed by atoms with Crippen LogP contribution in [0.1, 0.15) is 12.8 Å². The topological polar surface area (TPSA) is 53.1 Å². The van der Waals surface area contributed by atoms with E-state index in [4.69, 9.17) is 0 Å². The van der Waals surface area contributed by atoms with Crippen molar-refractivity contribution in [3.8, 4) is 0 Å². The molecule has 90 valence electrons. The van der Waals surface area contributed by atoms with Crippen LogP contribution >= 0.6 is 0 Å². The van der Waals surface area contributed by atoms with Gasteiger partial charge < -0.3 is 4.98 Å². The zero-order valence-corrected chi connectivity index (χ0v) is 9.93. The van der Waals surface area contributed by atoms with Gasteiger partial charge in [0.2, 0.25) is 5.95 Å². The van der Waals surface area contributed by atoms with Gasteiger partial charge in [0, 0.05) is 11.6 Å². The SMILES string of the molecule is C1=C[C@H]2C/C(=N\Nc3nc4ccccc4[nH]3)[C@H]2C1. The molecule has 0 aliphatic heterocycles. The van der Waals surface area contributed by atoms with Gasteiger partial charge in [-0.05, 0) is 30.9 Å².